The Morgan fingerprint density at radius 3 is 2.25 bits per heavy atom. The van der Waals surface area contributed by atoms with Crippen molar-refractivity contribution in [2.24, 2.45) is 0 Å². The Morgan fingerprint density at radius 1 is 1.50 bits per heavy atom. The second kappa shape index (κ2) is 1.73. The van der Waals surface area contributed by atoms with Gasteiger partial charge in [-0.3, -0.25) is 0 Å². The normalized spacial score (nSPS) is 19.6. The molecule has 1 rings (SSSR count). The van der Waals surface area contributed by atoms with Crippen LogP contribution < -0.4 is 0 Å². The van der Waals surface area contributed by atoms with Crippen molar-refractivity contribution in [1.29, 1.82) is 0 Å². The van der Waals surface area contributed by atoms with E-state index in [2.05, 4.69) is 0 Å². The highest BCUT2D eigenvalue weighted by Gasteiger charge is 2.08. The number of halogens is 1. The van der Waals surface area contributed by atoms with Crippen LogP contribution in [0.3, 0.4) is 0 Å². The smallest absolute Gasteiger partial charge is 0.125 e. The molecule has 44 valence electrons. The van der Waals surface area contributed by atoms with Crippen LogP contribution in [0.4, 0.5) is 4.39 Å². The molecule has 0 nitrogen and oxygen atoms in total. The van der Waals surface area contributed by atoms with Gasteiger partial charge in [0.05, 0.1) is 0 Å². The lowest BCUT2D eigenvalue weighted by Crippen LogP contribution is -1.71. The topological polar surface area (TPSA) is 0 Å². The lowest BCUT2D eigenvalue weighted by molar-refractivity contribution is 0.645. The molecule has 0 aromatic rings. The Hall–Kier alpha value is -0.590. The number of allylic oxidation sites excluding steroid dienone is 4. The Balaban J connectivity index is 2.88. The van der Waals surface area contributed by atoms with Gasteiger partial charge in [-0.1, -0.05) is 6.08 Å². The molecule has 0 amide bonds. The molecule has 8 heavy (non-hydrogen) atoms. The first kappa shape index (κ1) is 5.54. The monoisotopic (exact) mass is 112 g/mol. The van der Waals surface area contributed by atoms with Gasteiger partial charge in [0.2, 0.25) is 0 Å². The number of hydrogen-bond donors (Lipinski definition) is 0. The Labute approximate surface area is 48.7 Å². The van der Waals surface area contributed by atoms with Crippen molar-refractivity contribution in [2.75, 3.05) is 0 Å². The molecule has 0 aromatic heterocycles. The molecule has 0 unspecified atom stereocenters. The van der Waals surface area contributed by atoms with Gasteiger partial charge in [-0.25, -0.2) is 4.39 Å². The van der Waals surface area contributed by atoms with Gasteiger partial charge in [0.15, 0.2) is 0 Å². The molecule has 0 fully saturated rings. The molecule has 1 aliphatic rings. The zero-order valence-corrected chi connectivity index (χ0v) is 5.16. The standard InChI is InChI=1S/C7H9F/c1-5-3-4-6(2)7(5)8/h3H,4H2,1-2H3. The summed E-state index contributed by atoms with van der Waals surface area (Å²) in [5.74, 6) is -0.00926. The van der Waals surface area contributed by atoms with Crippen LogP contribution in [0, 0.1) is 0 Å². The molecule has 0 atom stereocenters. The van der Waals surface area contributed by atoms with E-state index in [4.69, 9.17) is 0 Å². The molecule has 0 aliphatic heterocycles. The van der Waals surface area contributed by atoms with Crippen LogP contribution in [0.1, 0.15) is 20.3 Å². The summed E-state index contributed by atoms with van der Waals surface area (Å²) in [6, 6.07) is 0. The van der Waals surface area contributed by atoms with Crippen LogP contribution in [0.2, 0.25) is 0 Å². The first-order valence-corrected chi connectivity index (χ1v) is 2.74. The van der Waals surface area contributed by atoms with Crippen molar-refractivity contribution < 1.29 is 4.39 Å². The summed E-state index contributed by atoms with van der Waals surface area (Å²) < 4.78 is 12.5. The first-order valence-electron chi connectivity index (χ1n) is 2.74. The van der Waals surface area contributed by atoms with Gasteiger partial charge in [0, 0.05) is 0 Å². The lowest BCUT2D eigenvalue weighted by Gasteiger charge is -1.88. The van der Waals surface area contributed by atoms with Crippen LogP contribution in [0.5, 0.6) is 0 Å². The van der Waals surface area contributed by atoms with E-state index in [1.165, 1.54) is 0 Å². The summed E-state index contributed by atoms with van der Waals surface area (Å²) in [7, 11) is 0. The zero-order chi connectivity index (χ0) is 6.15. The van der Waals surface area contributed by atoms with Crippen molar-refractivity contribution >= 4 is 0 Å². The minimum absolute atomic E-state index is 0.00926. The van der Waals surface area contributed by atoms with Gasteiger partial charge < -0.3 is 0 Å². The Bertz CT molecular complexity index is 158. The van der Waals surface area contributed by atoms with Crippen LogP contribution in [-0.2, 0) is 0 Å². The van der Waals surface area contributed by atoms with E-state index < -0.39 is 0 Å². The van der Waals surface area contributed by atoms with Crippen LogP contribution in [-0.4, -0.2) is 0 Å². The molecule has 0 aromatic carbocycles. The minimum atomic E-state index is -0.00926. The van der Waals surface area contributed by atoms with Gasteiger partial charge in [-0.05, 0) is 31.4 Å². The molecular weight excluding hydrogens is 103 g/mol. The number of rotatable bonds is 0. The molecule has 0 spiro atoms. The minimum Gasteiger partial charge on any atom is -0.207 e. The SMILES string of the molecule is CC1=CCC(C)=C1F. The average molecular weight is 112 g/mol. The molecule has 0 heterocycles. The van der Waals surface area contributed by atoms with Gasteiger partial charge in [-0.15, -0.1) is 0 Å². The third-order valence-electron chi connectivity index (χ3n) is 1.44. The highest BCUT2D eigenvalue weighted by molar-refractivity contribution is 5.35. The third kappa shape index (κ3) is 0.683. The van der Waals surface area contributed by atoms with E-state index in [1.807, 2.05) is 13.0 Å². The second-order valence-corrected chi connectivity index (χ2v) is 2.19. The van der Waals surface area contributed by atoms with Crippen LogP contribution >= 0.6 is 0 Å². The van der Waals surface area contributed by atoms with Gasteiger partial charge in [0.1, 0.15) is 5.83 Å². The van der Waals surface area contributed by atoms with Crippen molar-refractivity contribution in [3.8, 4) is 0 Å². The summed E-state index contributed by atoms with van der Waals surface area (Å²) in [5, 5.41) is 0. The zero-order valence-electron chi connectivity index (χ0n) is 5.16. The van der Waals surface area contributed by atoms with Gasteiger partial charge >= 0.3 is 0 Å². The van der Waals surface area contributed by atoms with Crippen molar-refractivity contribution in [1.82, 2.24) is 0 Å². The quantitative estimate of drug-likeness (QED) is 0.451. The van der Waals surface area contributed by atoms with Gasteiger partial charge in [-0.2, -0.15) is 0 Å². The molecule has 0 bridgehead atoms. The fourth-order valence-electron chi connectivity index (χ4n) is 0.822. The molecule has 0 N–H and O–H groups in total. The maximum atomic E-state index is 12.5. The summed E-state index contributed by atoms with van der Waals surface area (Å²) in [6.07, 6.45) is 2.71. The summed E-state index contributed by atoms with van der Waals surface area (Å²) in [5.41, 5.74) is 1.66. The highest BCUT2D eigenvalue weighted by Crippen LogP contribution is 2.25. The van der Waals surface area contributed by atoms with E-state index in [-0.39, 0.29) is 5.83 Å². The summed E-state index contributed by atoms with van der Waals surface area (Å²) in [4.78, 5) is 0. The van der Waals surface area contributed by atoms with Crippen molar-refractivity contribution in [2.45, 2.75) is 20.3 Å². The van der Waals surface area contributed by atoms with E-state index >= 15 is 0 Å². The second-order valence-electron chi connectivity index (χ2n) is 2.19. The van der Waals surface area contributed by atoms with Crippen LogP contribution in [0.25, 0.3) is 0 Å². The fourth-order valence-corrected chi connectivity index (χ4v) is 0.822. The Kier molecular flexibility index (Phi) is 1.20. The summed E-state index contributed by atoms with van der Waals surface area (Å²) in [6.45, 7) is 3.62. The van der Waals surface area contributed by atoms with Crippen molar-refractivity contribution in [3.05, 3.63) is 23.0 Å². The van der Waals surface area contributed by atoms with Gasteiger partial charge in [0.25, 0.3) is 0 Å². The first-order chi connectivity index (χ1) is 3.72. The molecule has 1 heteroatoms. The van der Waals surface area contributed by atoms with Crippen LogP contribution in [0.15, 0.2) is 23.0 Å². The molecule has 0 saturated heterocycles. The Morgan fingerprint density at radius 2 is 2.12 bits per heavy atom. The predicted molar refractivity (Wildman–Crippen MR) is 32.2 cm³/mol. The maximum Gasteiger partial charge on any atom is 0.125 e. The maximum absolute atomic E-state index is 12.5. The third-order valence-corrected chi connectivity index (χ3v) is 1.44. The van der Waals surface area contributed by atoms with E-state index in [9.17, 15) is 4.39 Å². The molecule has 0 saturated carbocycles. The van der Waals surface area contributed by atoms with E-state index in [0.717, 1.165) is 17.6 Å². The average Bonchev–Trinajstić information content (AvgIpc) is 1.98. The summed E-state index contributed by atoms with van der Waals surface area (Å²) >= 11 is 0. The highest BCUT2D eigenvalue weighted by atomic mass is 19.1. The molecular formula is C7H9F. The number of hydrogen-bond acceptors (Lipinski definition) is 0. The van der Waals surface area contributed by atoms with Crippen molar-refractivity contribution in [3.63, 3.8) is 0 Å². The van der Waals surface area contributed by atoms with E-state index in [0.29, 0.717) is 0 Å². The van der Waals surface area contributed by atoms with E-state index in [1.54, 1.807) is 6.92 Å². The largest absolute Gasteiger partial charge is 0.207 e. The molecule has 1 aliphatic carbocycles. The predicted octanol–water partition coefficient (Wildman–Crippen LogP) is 2.58. The molecule has 0 radical (unpaired) electrons. The lowest BCUT2D eigenvalue weighted by atomic mass is 10.3. The fraction of sp³-hybridized carbons (Fsp3) is 0.429.